The lowest BCUT2D eigenvalue weighted by atomic mass is 10.1. The number of hydrogen-bond donors (Lipinski definition) is 0. The number of carbonyl (C=O) groups is 2. The van der Waals surface area contributed by atoms with Crippen molar-refractivity contribution in [2.45, 2.75) is 26.1 Å². The molecular formula is C19H17ClN2O2. The van der Waals surface area contributed by atoms with E-state index in [1.54, 1.807) is 12.1 Å². The third-order valence-electron chi connectivity index (χ3n) is 4.05. The summed E-state index contributed by atoms with van der Waals surface area (Å²) in [5.74, 6) is -0.922. The fraction of sp³-hybridized carbons (Fsp3) is 0.211. The van der Waals surface area contributed by atoms with Crippen molar-refractivity contribution in [3.63, 3.8) is 0 Å². The Morgan fingerprint density at radius 2 is 1.71 bits per heavy atom. The number of halogens is 1. The van der Waals surface area contributed by atoms with Crippen molar-refractivity contribution in [3.8, 4) is 0 Å². The van der Waals surface area contributed by atoms with Crippen LogP contribution in [0.25, 0.3) is 0 Å². The van der Waals surface area contributed by atoms with Crippen LogP contribution in [0.5, 0.6) is 0 Å². The van der Waals surface area contributed by atoms with Crippen molar-refractivity contribution in [1.29, 1.82) is 0 Å². The Morgan fingerprint density at radius 3 is 2.38 bits per heavy atom. The number of aryl methyl sites for hydroxylation is 3. The number of benzene rings is 2. The molecule has 4 nitrogen and oxygen atoms in total. The number of alkyl halides is 1. The Balaban J connectivity index is 2.05. The maximum absolute atomic E-state index is 12.8. The molecule has 1 heterocycles. The molecule has 0 N–H and O–H groups in total. The van der Waals surface area contributed by atoms with Gasteiger partial charge in [-0.1, -0.05) is 35.9 Å². The van der Waals surface area contributed by atoms with E-state index in [-0.39, 0.29) is 5.71 Å². The summed E-state index contributed by atoms with van der Waals surface area (Å²) in [5, 5.41) is -1.07. The highest BCUT2D eigenvalue weighted by Crippen LogP contribution is 2.29. The summed E-state index contributed by atoms with van der Waals surface area (Å²) in [6, 6.07) is 12.9. The van der Waals surface area contributed by atoms with E-state index in [4.69, 9.17) is 11.6 Å². The van der Waals surface area contributed by atoms with E-state index in [1.165, 1.54) is 0 Å². The largest absolute Gasteiger partial charge is 0.281 e. The third kappa shape index (κ3) is 2.74. The van der Waals surface area contributed by atoms with E-state index in [0.29, 0.717) is 11.4 Å². The van der Waals surface area contributed by atoms with E-state index in [0.717, 1.165) is 21.6 Å². The molecule has 0 spiro atoms. The SMILES string of the molecule is Cc1ccc(N=C2C(=O)N(c3ccccc3C)C(=O)C2Cl)c(C)c1. The topological polar surface area (TPSA) is 49.7 Å². The van der Waals surface area contributed by atoms with Crippen LogP contribution in [-0.2, 0) is 9.59 Å². The van der Waals surface area contributed by atoms with Gasteiger partial charge in [0.15, 0.2) is 5.38 Å². The molecular weight excluding hydrogens is 324 g/mol. The molecule has 2 aromatic rings. The number of rotatable bonds is 2. The van der Waals surface area contributed by atoms with Gasteiger partial charge >= 0.3 is 0 Å². The third-order valence-corrected chi connectivity index (χ3v) is 4.44. The average molecular weight is 341 g/mol. The molecule has 122 valence electrons. The van der Waals surface area contributed by atoms with Gasteiger partial charge in [-0.15, -0.1) is 11.6 Å². The summed E-state index contributed by atoms with van der Waals surface area (Å²) in [4.78, 5) is 30.8. The number of para-hydroxylation sites is 1. The summed E-state index contributed by atoms with van der Waals surface area (Å²) in [5.41, 5.74) is 4.13. The van der Waals surface area contributed by atoms with Crippen LogP contribution in [0, 0.1) is 20.8 Å². The van der Waals surface area contributed by atoms with Crippen LogP contribution in [-0.4, -0.2) is 22.9 Å². The normalized spacial score (nSPS) is 19.4. The number of aliphatic imine (C=N–C) groups is 1. The smallest absolute Gasteiger partial charge is 0.272 e. The minimum absolute atomic E-state index is 0.0665. The van der Waals surface area contributed by atoms with Gasteiger partial charge < -0.3 is 0 Å². The maximum atomic E-state index is 12.8. The fourth-order valence-electron chi connectivity index (χ4n) is 2.76. The van der Waals surface area contributed by atoms with Crippen LogP contribution in [0.2, 0.25) is 0 Å². The van der Waals surface area contributed by atoms with Gasteiger partial charge in [-0.25, -0.2) is 9.89 Å². The molecule has 1 fully saturated rings. The van der Waals surface area contributed by atoms with Gasteiger partial charge in [0, 0.05) is 0 Å². The van der Waals surface area contributed by atoms with Crippen molar-refractivity contribution in [1.82, 2.24) is 0 Å². The summed E-state index contributed by atoms with van der Waals surface area (Å²) >= 11 is 6.21. The molecule has 1 aliphatic heterocycles. The standard InChI is InChI=1S/C19H17ClN2O2/c1-11-8-9-14(13(3)10-11)21-17-16(20)18(23)22(19(17)24)15-7-5-4-6-12(15)2/h4-10,16H,1-3H3. The van der Waals surface area contributed by atoms with Crippen molar-refractivity contribution >= 4 is 40.5 Å². The zero-order chi connectivity index (χ0) is 17.4. The molecule has 2 amide bonds. The highest BCUT2D eigenvalue weighted by Gasteiger charge is 2.45. The lowest BCUT2D eigenvalue weighted by molar-refractivity contribution is -0.120. The van der Waals surface area contributed by atoms with Crippen molar-refractivity contribution in [2.24, 2.45) is 4.99 Å². The molecule has 0 aromatic heterocycles. The summed E-state index contributed by atoms with van der Waals surface area (Å²) in [6.07, 6.45) is 0. The van der Waals surface area contributed by atoms with E-state index in [1.807, 2.05) is 51.1 Å². The monoisotopic (exact) mass is 340 g/mol. The Bertz CT molecular complexity index is 873. The van der Waals surface area contributed by atoms with E-state index in [2.05, 4.69) is 4.99 Å². The van der Waals surface area contributed by atoms with Crippen molar-refractivity contribution in [3.05, 3.63) is 59.2 Å². The van der Waals surface area contributed by atoms with Gasteiger partial charge in [-0.05, 0) is 44.0 Å². The van der Waals surface area contributed by atoms with E-state index >= 15 is 0 Å². The van der Waals surface area contributed by atoms with Gasteiger partial charge in [0.1, 0.15) is 5.71 Å². The Hall–Kier alpha value is -2.46. The first-order valence-corrected chi connectivity index (χ1v) is 8.07. The first-order chi connectivity index (χ1) is 11.4. The van der Waals surface area contributed by atoms with E-state index < -0.39 is 17.2 Å². The molecule has 5 heteroatoms. The molecule has 0 radical (unpaired) electrons. The molecule has 1 unspecified atom stereocenters. The van der Waals surface area contributed by atoms with Crippen LogP contribution < -0.4 is 4.90 Å². The molecule has 1 atom stereocenters. The summed E-state index contributed by atoms with van der Waals surface area (Å²) in [7, 11) is 0. The fourth-order valence-corrected chi connectivity index (χ4v) is 3.00. The molecule has 0 aliphatic carbocycles. The van der Waals surface area contributed by atoms with Crippen LogP contribution in [0.15, 0.2) is 47.5 Å². The zero-order valence-corrected chi connectivity index (χ0v) is 14.5. The lowest BCUT2D eigenvalue weighted by Crippen LogP contribution is -2.31. The lowest BCUT2D eigenvalue weighted by Gasteiger charge is -2.15. The first-order valence-electron chi connectivity index (χ1n) is 7.64. The average Bonchev–Trinajstić information content (AvgIpc) is 2.74. The van der Waals surface area contributed by atoms with Gasteiger partial charge in [0.25, 0.3) is 11.8 Å². The molecule has 0 saturated carbocycles. The highest BCUT2D eigenvalue weighted by molar-refractivity contribution is 6.68. The van der Waals surface area contributed by atoms with Gasteiger partial charge in [0.2, 0.25) is 0 Å². The Kier molecular flexibility index (Phi) is 4.24. The number of carbonyl (C=O) groups excluding carboxylic acids is 2. The zero-order valence-electron chi connectivity index (χ0n) is 13.7. The molecule has 3 rings (SSSR count). The summed E-state index contributed by atoms with van der Waals surface area (Å²) in [6.45, 7) is 5.74. The van der Waals surface area contributed by atoms with Crippen molar-refractivity contribution < 1.29 is 9.59 Å². The van der Waals surface area contributed by atoms with Gasteiger partial charge in [0.05, 0.1) is 11.4 Å². The minimum Gasteiger partial charge on any atom is -0.272 e. The van der Waals surface area contributed by atoms with Crippen LogP contribution >= 0.6 is 11.6 Å². The Labute approximate surface area is 145 Å². The first kappa shape index (κ1) is 16.4. The number of nitrogens with zero attached hydrogens (tertiary/aromatic N) is 2. The van der Waals surface area contributed by atoms with Crippen LogP contribution in [0.1, 0.15) is 16.7 Å². The van der Waals surface area contributed by atoms with Gasteiger partial charge in [-0.3, -0.25) is 9.59 Å². The second kappa shape index (κ2) is 6.21. The number of anilines is 1. The minimum atomic E-state index is -1.07. The summed E-state index contributed by atoms with van der Waals surface area (Å²) < 4.78 is 0. The van der Waals surface area contributed by atoms with Crippen molar-refractivity contribution in [2.75, 3.05) is 4.90 Å². The number of amides is 2. The molecule has 0 bridgehead atoms. The molecule has 24 heavy (non-hydrogen) atoms. The maximum Gasteiger partial charge on any atom is 0.281 e. The highest BCUT2D eigenvalue weighted by atomic mass is 35.5. The second-order valence-corrected chi connectivity index (χ2v) is 6.35. The van der Waals surface area contributed by atoms with Crippen LogP contribution in [0.3, 0.4) is 0 Å². The molecule has 1 saturated heterocycles. The quantitative estimate of drug-likeness (QED) is 0.615. The second-order valence-electron chi connectivity index (χ2n) is 5.91. The van der Waals surface area contributed by atoms with E-state index in [9.17, 15) is 9.59 Å². The Morgan fingerprint density at radius 1 is 1.00 bits per heavy atom. The molecule has 1 aliphatic rings. The predicted octanol–water partition coefficient (Wildman–Crippen LogP) is 3.87. The number of imide groups is 1. The van der Waals surface area contributed by atoms with Gasteiger partial charge in [-0.2, -0.15) is 0 Å². The van der Waals surface area contributed by atoms with Crippen LogP contribution in [0.4, 0.5) is 11.4 Å². The number of hydrogen-bond acceptors (Lipinski definition) is 3. The molecule has 2 aromatic carbocycles. The predicted molar refractivity (Wildman–Crippen MR) is 96.3 cm³/mol.